The molecule has 0 aliphatic rings. The lowest BCUT2D eigenvalue weighted by Gasteiger charge is -2.03. The van der Waals surface area contributed by atoms with Crippen LogP contribution in [0.2, 0.25) is 0 Å². The molecule has 1 aromatic carbocycles. The number of benzene rings is 1. The predicted molar refractivity (Wildman–Crippen MR) is 42.8 cm³/mol. The molecule has 0 unspecified atom stereocenters. The first-order valence-corrected chi connectivity index (χ1v) is 3.37. The van der Waals surface area contributed by atoms with Crippen molar-refractivity contribution in [2.24, 2.45) is 0 Å². The Morgan fingerprint density at radius 3 is 2.83 bits per heavy atom. The van der Waals surface area contributed by atoms with Gasteiger partial charge in [-0.1, -0.05) is 16.7 Å². The minimum absolute atomic E-state index is 0.317. The van der Waals surface area contributed by atoms with Crippen molar-refractivity contribution in [1.29, 1.82) is 0 Å². The van der Waals surface area contributed by atoms with Gasteiger partial charge in [-0.05, 0) is 17.6 Å². The number of hydrogen-bond donors (Lipinski definition) is 1. The van der Waals surface area contributed by atoms with Crippen molar-refractivity contribution in [2.75, 3.05) is 7.11 Å². The summed E-state index contributed by atoms with van der Waals surface area (Å²) in [5.74, 6) is 0.545. The van der Waals surface area contributed by atoms with Crippen molar-refractivity contribution in [3.63, 3.8) is 0 Å². The Morgan fingerprint density at radius 2 is 2.25 bits per heavy atom. The van der Waals surface area contributed by atoms with Crippen LogP contribution >= 0.6 is 0 Å². The molecule has 3 nitrogen and oxygen atoms in total. The number of methoxy groups -OCH3 is 1. The summed E-state index contributed by atoms with van der Waals surface area (Å²) in [6.07, 6.45) is 0. The van der Waals surface area contributed by atoms with E-state index >= 15 is 0 Å². The Hall–Kier alpha value is -1.07. The molecule has 0 aliphatic carbocycles. The van der Waals surface area contributed by atoms with Crippen LogP contribution in [0.4, 0.5) is 4.53 Å². The van der Waals surface area contributed by atoms with Gasteiger partial charge in [0.05, 0.1) is 7.11 Å². The Labute approximate surface area is 69.8 Å². The molecule has 0 heterocycles. The van der Waals surface area contributed by atoms with Gasteiger partial charge in [0.25, 0.3) is 0 Å². The third kappa shape index (κ3) is 1.96. The normalized spacial score (nSPS) is 9.58. The van der Waals surface area contributed by atoms with Gasteiger partial charge in [-0.2, -0.15) is 0 Å². The minimum atomic E-state index is -1.54. The van der Waals surface area contributed by atoms with Gasteiger partial charge in [0.1, 0.15) is 5.75 Å². The molecule has 0 saturated carbocycles. The number of ether oxygens (including phenoxy) is 1. The first kappa shape index (κ1) is 9.03. The number of halogens is 1. The van der Waals surface area contributed by atoms with E-state index in [1.54, 1.807) is 12.1 Å². The summed E-state index contributed by atoms with van der Waals surface area (Å²) in [5.41, 5.74) is 0.317. The lowest BCUT2D eigenvalue weighted by molar-refractivity contribution is -0.0267. The SMILES string of the molecule is COc1cccc(B(O)OF)c1. The molecule has 0 saturated heterocycles. The molecule has 0 aromatic heterocycles. The second kappa shape index (κ2) is 4.08. The molecule has 0 fully saturated rings. The predicted octanol–water partition coefficient (Wildman–Crippen LogP) is 0.284. The van der Waals surface area contributed by atoms with E-state index in [2.05, 4.69) is 4.86 Å². The first-order chi connectivity index (χ1) is 5.77. The molecular weight excluding hydrogens is 162 g/mol. The van der Waals surface area contributed by atoms with Crippen LogP contribution in [-0.2, 0) is 4.86 Å². The second-order valence-electron chi connectivity index (χ2n) is 2.22. The van der Waals surface area contributed by atoms with Gasteiger partial charge in [0.2, 0.25) is 0 Å². The zero-order valence-corrected chi connectivity index (χ0v) is 6.53. The zero-order chi connectivity index (χ0) is 8.97. The molecule has 0 spiro atoms. The van der Waals surface area contributed by atoms with Crippen molar-refractivity contribution < 1.29 is 19.1 Å². The fourth-order valence-corrected chi connectivity index (χ4v) is 0.847. The average molecular weight is 170 g/mol. The van der Waals surface area contributed by atoms with Crippen molar-refractivity contribution in [3.8, 4) is 5.75 Å². The highest BCUT2D eigenvalue weighted by atomic mass is 19.3. The van der Waals surface area contributed by atoms with Crippen LogP contribution in [0.15, 0.2) is 24.3 Å². The molecule has 64 valence electrons. The fourth-order valence-electron chi connectivity index (χ4n) is 0.847. The fraction of sp³-hybridized carbons (Fsp3) is 0.143. The van der Waals surface area contributed by atoms with Crippen LogP contribution in [-0.4, -0.2) is 19.3 Å². The molecule has 5 heteroatoms. The molecule has 1 aromatic rings. The maximum Gasteiger partial charge on any atom is 0.530 e. The smallest absolute Gasteiger partial charge is 0.497 e. The maximum absolute atomic E-state index is 11.5. The lowest BCUT2D eigenvalue weighted by Crippen LogP contribution is -2.30. The Kier molecular flexibility index (Phi) is 3.07. The Balaban J connectivity index is 2.86. The Bertz CT molecular complexity index is 256. The summed E-state index contributed by atoms with van der Waals surface area (Å²) in [6, 6.07) is 6.35. The summed E-state index contributed by atoms with van der Waals surface area (Å²) >= 11 is 0. The third-order valence-electron chi connectivity index (χ3n) is 1.46. The summed E-state index contributed by atoms with van der Waals surface area (Å²) in [6.45, 7) is 0. The Morgan fingerprint density at radius 1 is 1.50 bits per heavy atom. The van der Waals surface area contributed by atoms with E-state index in [1.807, 2.05) is 0 Å². The monoisotopic (exact) mass is 170 g/mol. The van der Waals surface area contributed by atoms with E-state index in [1.165, 1.54) is 19.2 Å². The maximum atomic E-state index is 11.5. The molecular formula is C7H8BFO3. The summed E-state index contributed by atoms with van der Waals surface area (Å²) in [7, 11) is -0.0537. The summed E-state index contributed by atoms with van der Waals surface area (Å²) < 4.78 is 16.4. The van der Waals surface area contributed by atoms with E-state index < -0.39 is 7.12 Å². The van der Waals surface area contributed by atoms with Gasteiger partial charge >= 0.3 is 7.12 Å². The minimum Gasteiger partial charge on any atom is -0.497 e. The molecule has 0 atom stereocenters. The van der Waals surface area contributed by atoms with E-state index in [0.29, 0.717) is 11.2 Å². The molecule has 1 N–H and O–H groups in total. The van der Waals surface area contributed by atoms with Crippen molar-refractivity contribution in [2.45, 2.75) is 0 Å². The zero-order valence-electron chi connectivity index (χ0n) is 6.53. The van der Waals surface area contributed by atoms with E-state index in [4.69, 9.17) is 9.76 Å². The van der Waals surface area contributed by atoms with Crippen molar-refractivity contribution in [1.82, 2.24) is 0 Å². The third-order valence-corrected chi connectivity index (χ3v) is 1.46. The van der Waals surface area contributed by atoms with Gasteiger partial charge in [-0.15, -0.1) is 0 Å². The summed E-state index contributed by atoms with van der Waals surface area (Å²) in [4.78, 5) is 3.24. The largest absolute Gasteiger partial charge is 0.530 e. The van der Waals surface area contributed by atoms with E-state index in [9.17, 15) is 4.53 Å². The molecule has 0 radical (unpaired) electrons. The van der Waals surface area contributed by atoms with E-state index in [-0.39, 0.29) is 0 Å². The van der Waals surface area contributed by atoms with Gasteiger partial charge in [-0.3, -0.25) is 0 Å². The standard InChI is InChI=1S/C7H8BFO3/c1-11-7-4-2-3-6(5-7)8(10)12-9/h2-5,10H,1H3. The van der Waals surface area contributed by atoms with Crippen LogP contribution < -0.4 is 10.2 Å². The van der Waals surface area contributed by atoms with Gasteiger partial charge in [-0.25, -0.2) is 4.86 Å². The van der Waals surface area contributed by atoms with Crippen LogP contribution in [0.3, 0.4) is 0 Å². The quantitative estimate of drug-likeness (QED) is 0.662. The molecule has 0 bridgehead atoms. The highest BCUT2D eigenvalue weighted by molar-refractivity contribution is 6.59. The molecule has 0 amide bonds. The van der Waals surface area contributed by atoms with Gasteiger partial charge in [0.15, 0.2) is 0 Å². The second-order valence-corrected chi connectivity index (χ2v) is 2.22. The van der Waals surface area contributed by atoms with Crippen LogP contribution in [0, 0.1) is 0 Å². The highest BCUT2D eigenvalue weighted by Gasteiger charge is 2.17. The number of hydrogen-bond acceptors (Lipinski definition) is 3. The van der Waals surface area contributed by atoms with E-state index in [0.717, 1.165) is 0 Å². The summed E-state index contributed by atoms with van der Waals surface area (Å²) in [5, 5.41) is 8.90. The van der Waals surface area contributed by atoms with Crippen molar-refractivity contribution >= 4 is 12.6 Å². The first-order valence-electron chi connectivity index (χ1n) is 3.37. The molecule has 12 heavy (non-hydrogen) atoms. The topological polar surface area (TPSA) is 38.7 Å². The van der Waals surface area contributed by atoms with Gasteiger partial charge in [0, 0.05) is 0 Å². The lowest BCUT2D eigenvalue weighted by atomic mass is 9.80. The highest BCUT2D eigenvalue weighted by Crippen LogP contribution is 2.06. The molecule has 0 aliphatic heterocycles. The van der Waals surface area contributed by atoms with Crippen LogP contribution in [0.25, 0.3) is 0 Å². The van der Waals surface area contributed by atoms with Crippen molar-refractivity contribution in [3.05, 3.63) is 24.3 Å². The molecule has 1 rings (SSSR count). The van der Waals surface area contributed by atoms with Crippen LogP contribution in [0.1, 0.15) is 0 Å². The van der Waals surface area contributed by atoms with Crippen LogP contribution in [0.5, 0.6) is 5.75 Å². The number of rotatable bonds is 3. The van der Waals surface area contributed by atoms with Gasteiger partial charge < -0.3 is 9.76 Å². The average Bonchev–Trinajstić information content (AvgIpc) is 2.17.